The van der Waals surface area contributed by atoms with E-state index < -0.39 is 0 Å². The van der Waals surface area contributed by atoms with Gasteiger partial charge >= 0.3 is 0 Å². The molecule has 2 aromatic heterocycles. The van der Waals surface area contributed by atoms with Gasteiger partial charge in [-0.25, -0.2) is 0 Å². The van der Waals surface area contributed by atoms with Crippen LogP contribution < -0.4 is 5.73 Å². The summed E-state index contributed by atoms with van der Waals surface area (Å²) >= 11 is 1.49. The van der Waals surface area contributed by atoms with E-state index in [0.717, 1.165) is 18.0 Å². The lowest BCUT2D eigenvalue weighted by atomic mass is 10.3. The molecule has 6 nitrogen and oxygen atoms in total. The third kappa shape index (κ3) is 2.12. The molecule has 96 valence electrons. The summed E-state index contributed by atoms with van der Waals surface area (Å²) in [6, 6.07) is 1.83. The second kappa shape index (κ2) is 4.68. The average molecular weight is 266 g/mol. The second-order valence-electron chi connectivity index (χ2n) is 4.28. The molecule has 1 fully saturated rings. The molecule has 1 aliphatic heterocycles. The zero-order valence-electron chi connectivity index (χ0n) is 10.00. The van der Waals surface area contributed by atoms with Crippen molar-refractivity contribution < 1.29 is 9.26 Å². The number of anilines is 1. The smallest absolute Gasteiger partial charge is 0.270 e. The van der Waals surface area contributed by atoms with Gasteiger partial charge in [0.15, 0.2) is 0 Å². The molecule has 0 aliphatic carbocycles. The Morgan fingerprint density at radius 1 is 1.56 bits per heavy atom. The number of thiophene rings is 1. The lowest BCUT2D eigenvalue weighted by Gasteiger charge is -2.27. The van der Waals surface area contributed by atoms with Gasteiger partial charge in [-0.05, 0) is 18.5 Å². The summed E-state index contributed by atoms with van der Waals surface area (Å²) in [4.78, 5) is 7.37. The van der Waals surface area contributed by atoms with Crippen LogP contribution in [0.25, 0.3) is 10.8 Å². The largest absolute Gasteiger partial charge is 0.397 e. The van der Waals surface area contributed by atoms with Crippen molar-refractivity contribution >= 4 is 17.0 Å². The highest BCUT2D eigenvalue weighted by atomic mass is 32.1. The molecule has 2 aromatic rings. The molecule has 1 saturated heterocycles. The van der Waals surface area contributed by atoms with Crippen LogP contribution >= 0.6 is 11.3 Å². The first-order chi connectivity index (χ1) is 8.74. The number of morpholine rings is 1. The van der Waals surface area contributed by atoms with Gasteiger partial charge in [0.25, 0.3) is 5.89 Å². The summed E-state index contributed by atoms with van der Waals surface area (Å²) in [7, 11) is 2.05. The number of nitrogens with two attached hydrogens (primary N) is 1. The third-order valence-corrected chi connectivity index (χ3v) is 3.81. The Morgan fingerprint density at radius 2 is 2.44 bits per heavy atom. The van der Waals surface area contributed by atoms with E-state index in [1.54, 1.807) is 0 Å². The van der Waals surface area contributed by atoms with Crippen LogP contribution in [0.15, 0.2) is 16.0 Å². The molecule has 1 unspecified atom stereocenters. The van der Waals surface area contributed by atoms with Crippen LogP contribution in [0.1, 0.15) is 11.9 Å². The molecule has 0 bridgehead atoms. The molecule has 1 atom stereocenters. The molecule has 3 rings (SSSR count). The zero-order chi connectivity index (χ0) is 12.5. The van der Waals surface area contributed by atoms with E-state index in [9.17, 15) is 0 Å². The van der Waals surface area contributed by atoms with Crippen molar-refractivity contribution in [3.05, 3.63) is 17.3 Å². The number of hydrogen-bond donors (Lipinski definition) is 1. The second-order valence-corrected chi connectivity index (χ2v) is 5.20. The first-order valence-corrected chi connectivity index (χ1v) is 6.59. The van der Waals surface area contributed by atoms with E-state index in [4.69, 9.17) is 15.0 Å². The predicted octanol–water partition coefficient (Wildman–Crippen LogP) is 1.38. The quantitative estimate of drug-likeness (QED) is 0.885. The molecule has 2 N–H and O–H groups in total. The van der Waals surface area contributed by atoms with E-state index >= 15 is 0 Å². The highest BCUT2D eigenvalue weighted by Gasteiger charge is 2.25. The SMILES string of the molecule is CN1CCOC(c2noc(-c3sccc3N)n2)C1. The number of hydrogen-bond acceptors (Lipinski definition) is 7. The maximum Gasteiger partial charge on any atom is 0.270 e. The predicted molar refractivity (Wildman–Crippen MR) is 68.2 cm³/mol. The van der Waals surface area contributed by atoms with Crippen molar-refractivity contribution in [2.75, 3.05) is 32.5 Å². The summed E-state index contributed by atoms with van der Waals surface area (Å²) in [5.74, 6) is 1.05. The number of nitrogens with zero attached hydrogens (tertiary/aromatic N) is 3. The summed E-state index contributed by atoms with van der Waals surface area (Å²) in [6.07, 6.45) is -0.123. The van der Waals surface area contributed by atoms with Gasteiger partial charge in [-0.15, -0.1) is 11.3 Å². The van der Waals surface area contributed by atoms with Crippen molar-refractivity contribution in [2.45, 2.75) is 6.10 Å². The minimum Gasteiger partial charge on any atom is -0.397 e. The van der Waals surface area contributed by atoms with Crippen LogP contribution in [-0.4, -0.2) is 41.8 Å². The summed E-state index contributed by atoms with van der Waals surface area (Å²) < 4.78 is 10.9. The number of rotatable bonds is 2. The van der Waals surface area contributed by atoms with Gasteiger partial charge in [-0.3, -0.25) is 0 Å². The molecule has 0 saturated carbocycles. The average Bonchev–Trinajstić information content (AvgIpc) is 2.97. The Morgan fingerprint density at radius 3 is 3.17 bits per heavy atom. The fourth-order valence-electron chi connectivity index (χ4n) is 1.88. The van der Waals surface area contributed by atoms with Crippen molar-refractivity contribution in [2.24, 2.45) is 0 Å². The number of nitrogen functional groups attached to an aromatic ring is 1. The van der Waals surface area contributed by atoms with Crippen LogP contribution in [0.2, 0.25) is 0 Å². The molecule has 7 heteroatoms. The van der Waals surface area contributed by atoms with Crippen LogP contribution in [0.4, 0.5) is 5.69 Å². The van der Waals surface area contributed by atoms with Crippen molar-refractivity contribution in [1.29, 1.82) is 0 Å². The fourth-order valence-corrected chi connectivity index (χ4v) is 2.62. The fraction of sp³-hybridized carbons (Fsp3) is 0.455. The van der Waals surface area contributed by atoms with E-state index in [1.165, 1.54) is 11.3 Å². The lowest BCUT2D eigenvalue weighted by Crippen LogP contribution is -2.35. The standard InChI is InChI=1S/C11H14N4O2S/c1-15-3-4-16-8(6-15)10-13-11(17-14-10)9-7(12)2-5-18-9/h2,5,8H,3-4,6,12H2,1H3. The van der Waals surface area contributed by atoms with Crippen molar-refractivity contribution in [3.63, 3.8) is 0 Å². The molecule has 0 radical (unpaired) electrons. The van der Waals surface area contributed by atoms with E-state index in [1.807, 2.05) is 18.5 Å². The highest BCUT2D eigenvalue weighted by molar-refractivity contribution is 7.14. The van der Waals surface area contributed by atoms with E-state index in [-0.39, 0.29) is 6.10 Å². The monoisotopic (exact) mass is 266 g/mol. The molecule has 0 aromatic carbocycles. The summed E-state index contributed by atoms with van der Waals surface area (Å²) in [6.45, 7) is 2.39. The Kier molecular flexibility index (Phi) is 3.02. The van der Waals surface area contributed by atoms with Crippen LogP contribution in [-0.2, 0) is 4.74 Å². The Hall–Kier alpha value is -1.44. The van der Waals surface area contributed by atoms with Crippen molar-refractivity contribution in [3.8, 4) is 10.8 Å². The van der Waals surface area contributed by atoms with Gasteiger partial charge in [-0.1, -0.05) is 5.16 Å². The normalized spacial score (nSPS) is 21.3. The Balaban J connectivity index is 1.83. The molecule has 3 heterocycles. The minimum atomic E-state index is -0.123. The van der Waals surface area contributed by atoms with Gasteiger partial charge in [-0.2, -0.15) is 4.98 Å². The summed E-state index contributed by atoms with van der Waals surface area (Å²) in [5, 5.41) is 5.89. The lowest BCUT2D eigenvalue weighted by molar-refractivity contribution is -0.0264. The number of ether oxygens (including phenoxy) is 1. The highest BCUT2D eigenvalue weighted by Crippen LogP contribution is 2.31. The van der Waals surface area contributed by atoms with E-state index in [0.29, 0.717) is 24.0 Å². The molecular formula is C11H14N4O2S. The van der Waals surface area contributed by atoms with Gasteiger partial charge in [0.1, 0.15) is 11.0 Å². The molecule has 0 spiro atoms. The number of likely N-dealkylation sites (N-methyl/N-ethyl adjacent to an activating group) is 1. The van der Waals surface area contributed by atoms with Crippen LogP contribution in [0, 0.1) is 0 Å². The molecule has 1 aliphatic rings. The minimum absolute atomic E-state index is 0.123. The van der Waals surface area contributed by atoms with Gasteiger partial charge < -0.3 is 19.9 Å². The van der Waals surface area contributed by atoms with Crippen LogP contribution in [0.3, 0.4) is 0 Å². The molecular weight excluding hydrogens is 252 g/mol. The summed E-state index contributed by atoms with van der Waals surface area (Å²) in [5.41, 5.74) is 6.49. The third-order valence-electron chi connectivity index (χ3n) is 2.89. The first-order valence-electron chi connectivity index (χ1n) is 5.71. The van der Waals surface area contributed by atoms with Gasteiger partial charge in [0.2, 0.25) is 5.82 Å². The Labute approximate surface area is 108 Å². The van der Waals surface area contributed by atoms with E-state index in [2.05, 4.69) is 15.0 Å². The molecule has 18 heavy (non-hydrogen) atoms. The van der Waals surface area contributed by atoms with Crippen LogP contribution in [0.5, 0.6) is 0 Å². The van der Waals surface area contributed by atoms with Gasteiger partial charge in [0, 0.05) is 13.1 Å². The Bertz CT molecular complexity index is 539. The number of aromatic nitrogens is 2. The first kappa shape index (κ1) is 11.6. The van der Waals surface area contributed by atoms with Gasteiger partial charge in [0.05, 0.1) is 12.3 Å². The topological polar surface area (TPSA) is 77.4 Å². The molecule has 0 amide bonds. The maximum atomic E-state index is 5.83. The maximum absolute atomic E-state index is 5.83. The van der Waals surface area contributed by atoms with Crippen molar-refractivity contribution in [1.82, 2.24) is 15.0 Å². The zero-order valence-corrected chi connectivity index (χ0v) is 10.8.